The number of hydrogen-bond donors (Lipinski definition) is 1. The van der Waals surface area contributed by atoms with Gasteiger partial charge in [0, 0.05) is 36.8 Å². The molecule has 0 atom stereocenters. The number of nitro groups is 1. The molecular weight excluding hydrogens is 466 g/mol. The molecule has 174 valence electrons. The van der Waals surface area contributed by atoms with E-state index < -0.39 is 34.8 Å². The number of ketones is 1. The summed E-state index contributed by atoms with van der Waals surface area (Å²) in [4.78, 5) is 70.1. The number of carbonyl (C=O) groups is 4. The maximum atomic E-state index is 12.6. The molecule has 1 heterocycles. The van der Waals surface area contributed by atoms with E-state index in [2.05, 4.69) is 9.97 Å². The van der Waals surface area contributed by atoms with Crippen LogP contribution in [0.25, 0.3) is 11.0 Å². The number of benzene rings is 2. The molecule has 0 unspecified atom stereocenters. The van der Waals surface area contributed by atoms with Crippen LogP contribution in [0.1, 0.15) is 32.1 Å². The fourth-order valence-corrected chi connectivity index (χ4v) is 3.20. The van der Waals surface area contributed by atoms with Crippen LogP contribution in [0.4, 0.5) is 5.69 Å². The van der Waals surface area contributed by atoms with Crippen LogP contribution in [0, 0.1) is 17.0 Å². The van der Waals surface area contributed by atoms with Crippen molar-refractivity contribution >= 4 is 51.8 Å². The Bertz CT molecular complexity index is 1370. The number of carbonyl (C=O) groups excluding carboxylic acids is 4. The van der Waals surface area contributed by atoms with Crippen LogP contribution in [0.5, 0.6) is 0 Å². The van der Waals surface area contributed by atoms with Crippen molar-refractivity contribution in [3.63, 3.8) is 0 Å². The lowest BCUT2D eigenvalue weighted by Crippen LogP contribution is -2.37. The van der Waals surface area contributed by atoms with Crippen molar-refractivity contribution in [2.45, 2.75) is 13.3 Å². The van der Waals surface area contributed by atoms with Crippen molar-refractivity contribution in [3.8, 4) is 0 Å². The molecule has 0 spiro atoms. The molecule has 0 aliphatic rings. The van der Waals surface area contributed by atoms with Crippen molar-refractivity contribution in [3.05, 3.63) is 74.0 Å². The molecular formula is C22H18ClN5O6. The van der Waals surface area contributed by atoms with Crippen molar-refractivity contribution in [1.82, 2.24) is 20.2 Å². The Morgan fingerprint density at radius 3 is 2.44 bits per heavy atom. The van der Waals surface area contributed by atoms with E-state index in [1.807, 2.05) is 5.32 Å². The van der Waals surface area contributed by atoms with Gasteiger partial charge >= 0.3 is 0 Å². The summed E-state index contributed by atoms with van der Waals surface area (Å²) >= 11 is 5.99. The van der Waals surface area contributed by atoms with Gasteiger partial charge in [-0.1, -0.05) is 17.7 Å². The van der Waals surface area contributed by atoms with E-state index >= 15 is 0 Å². The minimum absolute atomic E-state index is 0.0679. The number of halogens is 1. The number of rotatable bonds is 6. The first-order valence-corrected chi connectivity index (χ1v) is 10.2. The fourth-order valence-electron chi connectivity index (χ4n) is 3.03. The van der Waals surface area contributed by atoms with Gasteiger partial charge in [0.05, 0.1) is 28.1 Å². The summed E-state index contributed by atoms with van der Waals surface area (Å²) in [5.74, 6) is -3.67. The maximum Gasteiger partial charge on any atom is 0.294 e. The Morgan fingerprint density at radius 2 is 1.79 bits per heavy atom. The Morgan fingerprint density at radius 1 is 1.09 bits per heavy atom. The highest BCUT2D eigenvalue weighted by Crippen LogP contribution is 2.21. The van der Waals surface area contributed by atoms with Crippen molar-refractivity contribution < 1.29 is 24.1 Å². The lowest BCUT2D eigenvalue weighted by Gasteiger charge is -2.13. The predicted molar refractivity (Wildman–Crippen MR) is 122 cm³/mol. The second-order valence-electron chi connectivity index (χ2n) is 7.44. The number of amides is 3. The summed E-state index contributed by atoms with van der Waals surface area (Å²) in [7, 11) is 2.93. The molecule has 3 rings (SSSR count). The summed E-state index contributed by atoms with van der Waals surface area (Å²) in [5, 5.41) is 13.4. The Hall–Kier alpha value is -4.25. The molecule has 0 saturated heterocycles. The molecule has 0 bridgehead atoms. The molecule has 12 heteroatoms. The first kappa shape index (κ1) is 24.4. The van der Waals surface area contributed by atoms with Gasteiger partial charge in [-0.05, 0) is 30.7 Å². The number of nitrogens with one attached hydrogen (secondary N) is 1. The van der Waals surface area contributed by atoms with Crippen LogP contribution >= 0.6 is 11.6 Å². The number of fused-ring (bicyclic) bond motifs is 1. The molecule has 0 fully saturated rings. The van der Waals surface area contributed by atoms with Crippen molar-refractivity contribution in [2.75, 3.05) is 14.1 Å². The van der Waals surface area contributed by atoms with Crippen molar-refractivity contribution in [1.29, 1.82) is 0 Å². The van der Waals surface area contributed by atoms with Gasteiger partial charge in [-0.2, -0.15) is 0 Å². The van der Waals surface area contributed by atoms with Gasteiger partial charge < -0.3 is 4.90 Å². The van der Waals surface area contributed by atoms with Gasteiger partial charge in [-0.3, -0.25) is 34.6 Å². The lowest BCUT2D eigenvalue weighted by atomic mass is 10.1. The number of non-ortho nitro benzene ring substituents is 1. The second kappa shape index (κ2) is 9.71. The number of nitrogens with zero attached hydrogens (tertiary/aromatic N) is 4. The monoisotopic (exact) mass is 483 g/mol. The van der Waals surface area contributed by atoms with Crippen LogP contribution in [-0.2, 0) is 16.0 Å². The predicted octanol–water partition coefficient (Wildman–Crippen LogP) is 2.27. The highest BCUT2D eigenvalue weighted by atomic mass is 35.5. The average Bonchev–Trinajstić information content (AvgIpc) is 2.79. The maximum absolute atomic E-state index is 12.6. The van der Waals surface area contributed by atoms with E-state index in [4.69, 9.17) is 11.6 Å². The minimum Gasteiger partial charge on any atom is -0.343 e. The third-order valence-corrected chi connectivity index (χ3v) is 5.27. The Labute approximate surface area is 197 Å². The van der Waals surface area contributed by atoms with E-state index in [1.54, 1.807) is 13.0 Å². The number of aromatic nitrogens is 2. The minimum atomic E-state index is -1.21. The normalized spacial score (nSPS) is 10.6. The SMILES string of the molecule is Cc1c(Cl)cccc1C(=O)NC(=O)C(=O)Cc1nc2cc([N+](=O)[O-])ccc2nc1C(=O)N(C)C. The van der Waals surface area contributed by atoms with Crippen LogP contribution < -0.4 is 5.32 Å². The van der Waals surface area contributed by atoms with E-state index in [1.165, 1.54) is 43.3 Å². The standard InChI is InChI=1S/C22H18ClN5O6/c1-11-13(5-4-6-14(11)23)20(30)26-21(31)18(29)10-17-19(22(32)27(2)3)25-15-8-7-12(28(33)34)9-16(15)24-17/h4-9H,10H2,1-3H3,(H,26,30,31). The Kier molecular flexibility index (Phi) is 6.97. The summed E-state index contributed by atoms with van der Waals surface area (Å²) in [6, 6.07) is 8.24. The molecule has 0 saturated carbocycles. The molecule has 34 heavy (non-hydrogen) atoms. The molecule has 2 aromatic carbocycles. The van der Waals surface area contributed by atoms with Gasteiger partial charge in [0.2, 0.25) is 5.78 Å². The van der Waals surface area contributed by atoms with Gasteiger partial charge in [-0.15, -0.1) is 0 Å². The quantitative estimate of drug-likeness (QED) is 0.318. The van der Waals surface area contributed by atoms with E-state index in [0.29, 0.717) is 10.6 Å². The highest BCUT2D eigenvalue weighted by molar-refractivity contribution is 6.40. The first-order chi connectivity index (χ1) is 16.0. The van der Waals surface area contributed by atoms with Gasteiger partial charge in [-0.25, -0.2) is 9.97 Å². The van der Waals surface area contributed by atoms with E-state index in [9.17, 15) is 29.3 Å². The lowest BCUT2D eigenvalue weighted by molar-refractivity contribution is -0.384. The number of imide groups is 1. The van der Waals surface area contributed by atoms with Crippen LogP contribution in [0.2, 0.25) is 5.02 Å². The summed E-state index contributed by atoms with van der Waals surface area (Å²) < 4.78 is 0. The number of Topliss-reactive ketones (excluding diaryl/α,β-unsaturated/α-hetero) is 1. The summed E-state index contributed by atoms with van der Waals surface area (Å²) in [5.41, 5.74) is 0.216. The molecule has 3 amide bonds. The molecule has 1 aromatic heterocycles. The fraction of sp³-hybridized carbons (Fsp3) is 0.182. The third kappa shape index (κ3) is 5.04. The first-order valence-electron chi connectivity index (χ1n) is 9.80. The van der Waals surface area contributed by atoms with E-state index in [0.717, 1.165) is 6.07 Å². The molecule has 1 N–H and O–H groups in total. The second-order valence-corrected chi connectivity index (χ2v) is 7.85. The summed E-state index contributed by atoms with van der Waals surface area (Å²) in [6.45, 7) is 1.59. The zero-order valence-electron chi connectivity index (χ0n) is 18.3. The van der Waals surface area contributed by atoms with Gasteiger partial charge in [0.25, 0.3) is 23.4 Å². The zero-order chi connectivity index (χ0) is 25.2. The van der Waals surface area contributed by atoms with Gasteiger partial charge in [0.15, 0.2) is 5.69 Å². The molecule has 11 nitrogen and oxygen atoms in total. The largest absolute Gasteiger partial charge is 0.343 e. The number of nitro benzene ring substituents is 1. The molecule has 0 aliphatic heterocycles. The van der Waals surface area contributed by atoms with E-state index in [-0.39, 0.29) is 33.7 Å². The molecule has 0 radical (unpaired) electrons. The van der Waals surface area contributed by atoms with Crippen LogP contribution in [0.3, 0.4) is 0 Å². The Balaban J connectivity index is 1.92. The van der Waals surface area contributed by atoms with Crippen LogP contribution in [-0.4, -0.2) is 57.4 Å². The van der Waals surface area contributed by atoms with Gasteiger partial charge in [0.1, 0.15) is 0 Å². The third-order valence-electron chi connectivity index (χ3n) is 4.86. The smallest absolute Gasteiger partial charge is 0.294 e. The van der Waals surface area contributed by atoms with Crippen LogP contribution in [0.15, 0.2) is 36.4 Å². The molecule has 3 aromatic rings. The zero-order valence-corrected chi connectivity index (χ0v) is 19.0. The average molecular weight is 484 g/mol. The van der Waals surface area contributed by atoms with Crippen molar-refractivity contribution in [2.24, 2.45) is 0 Å². The summed E-state index contributed by atoms with van der Waals surface area (Å²) in [6.07, 6.45) is -0.659. The molecule has 0 aliphatic carbocycles. The highest BCUT2D eigenvalue weighted by Gasteiger charge is 2.25. The number of hydrogen-bond acceptors (Lipinski definition) is 8. The topological polar surface area (TPSA) is 152 Å².